The van der Waals surface area contributed by atoms with Crippen LogP contribution in [0.2, 0.25) is 0 Å². The Labute approximate surface area is 86.0 Å². The number of Topliss-reactive ketones (excluding diaryl/α,β-unsaturated/α-hetero) is 1. The van der Waals surface area contributed by atoms with Crippen molar-refractivity contribution >= 4 is 11.7 Å². The van der Waals surface area contributed by atoms with Crippen molar-refractivity contribution in [2.45, 2.75) is 32.9 Å². The third kappa shape index (κ3) is 6.09. The van der Waals surface area contributed by atoms with E-state index in [1.165, 1.54) is 6.92 Å². The summed E-state index contributed by atoms with van der Waals surface area (Å²) in [5.41, 5.74) is 0. The Morgan fingerprint density at radius 3 is 2.27 bits per heavy atom. The van der Waals surface area contributed by atoms with Crippen molar-refractivity contribution in [3.05, 3.63) is 0 Å². The molecule has 88 valence electrons. The summed E-state index contributed by atoms with van der Waals surface area (Å²) in [5, 5.41) is 1.68. The Balaban J connectivity index is 4.05. The van der Waals surface area contributed by atoms with Gasteiger partial charge in [-0.2, -0.15) is 13.2 Å². The summed E-state index contributed by atoms with van der Waals surface area (Å²) in [6.45, 7) is 1.68. The van der Waals surface area contributed by atoms with E-state index in [2.05, 4.69) is 0 Å². The van der Waals surface area contributed by atoms with Crippen molar-refractivity contribution in [3.63, 3.8) is 0 Å². The van der Waals surface area contributed by atoms with E-state index >= 15 is 0 Å². The number of hydrogen-bond acceptors (Lipinski definition) is 2. The zero-order valence-electron chi connectivity index (χ0n) is 8.65. The minimum atomic E-state index is -4.44. The fraction of sp³-hybridized carbons (Fsp3) is 0.778. The molecular formula is C9H14F3NO2. The molecule has 0 aromatic heterocycles. The van der Waals surface area contributed by atoms with Gasteiger partial charge in [0.1, 0.15) is 12.3 Å². The molecule has 0 spiro atoms. The fourth-order valence-corrected chi connectivity index (χ4v) is 0.950. The predicted octanol–water partition coefficient (Wildman–Crippen LogP) is 1.67. The summed E-state index contributed by atoms with van der Waals surface area (Å²) in [7, 11) is 0. The summed E-state index contributed by atoms with van der Waals surface area (Å²) >= 11 is 0. The number of rotatable bonds is 5. The van der Waals surface area contributed by atoms with Gasteiger partial charge in [-0.25, -0.2) is 0 Å². The van der Waals surface area contributed by atoms with Crippen molar-refractivity contribution in [3.8, 4) is 0 Å². The number of amides is 1. The van der Waals surface area contributed by atoms with Crippen LogP contribution in [0.5, 0.6) is 0 Å². The molecule has 0 aliphatic rings. The van der Waals surface area contributed by atoms with Crippen LogP contribution in [0, 0.1) is 5.92 Å². The van der Waals surface area contributed by atoms with Crippen molar-refractivity contribution in [1.82, 2.24) is 5.32 Å². The molecule has 15 heavy (non-hydrogen) atoms. The molecule has 1 N–H and O–H groups in total. The van der Waals surface area contributed by atoms with Gasteiger partial charge in [0, 0.05) is 6.42 Å². The molecule has 0 aliphatic carbocycles. The highest BCUT2D eigenvalue weighted by atomic mass is 19.4. The second kappa shape index (κ2) is 5.72. The topological polar surface area (TPSA) is 46.2 Å². The van der Waals surface area contributed by atoms with E-state index in [0.717, 1.165) is 0 Å². The fourth-order valence-electron chi connectivity index (χ4n) is 0.950. The van der Waals surface area contributed by atoms with Gasteiger partial charge in [0.2, 0.25) is 5.91 Å². The van der Waals surface area contributed by atoms with Gasteiger partial charge in [-0.15, -0.1) is 0 Å². The number of alkyl halides is 3. The molecule has 0 aromatic rings. The van der Waals surface area contributed by atoms with Gasteiger partial charge in [-0.05, 0) is 13.3 Å². The highest BCUT2D eigenvalue weighted by Crippen LogP contribution is 2.13. The minimum absolute atomic E-state index is 0.209. The number of halogens is 3. The molecule has 0 aliphatic heterocycles. The molecule has 0 radical (unpaired) electrons. The van der Waals surface area contributed by atoms with Gasteiger partial charge < -0.3 is 5.32 Å². The van der Waals surface area contributed by atoms with E-state index in [4.69, 9.17) is 0 Å². The van der Waals surface area contributed by atoms with Gasteiger partial charge in [0.25, 0.3) is 0 Å². The largest absolute Gasteiger partial charge is 0.405 e. The van der Waals surface area contributed by atoms with Crippen LogP contribution in [-0.4, -0.2) is 24.4 Å². The van der Waals surface area contributed by atoms with E-state index < -0.39 is 24.5 Å². The van der Waals surface area contributed by atoms with Crippen molar-refractivity contribution in [2.24, 2.45) is 5.92 Å². The number of carbonyl (C=O) groups excluding carboxylic acids is 2. The molecule has 0 heterocycles. The predicted molar refractivity (Wildman–Crippen MR) is 48.1 cm³/mol. The maximum absolute atomic E-state index is 11.7. The minimum Gasteiger partial charge on any atom is -0.346 e. The van der Waals surface area contributed by atoms with E-state index in [-0.39, 0.29) is 12.2 Å². The first kappa shape index (κ1) is 13.9. The molecule has 0 rings (SSSR count). The van der Waals surface area contributed by atoms with E-state index in [0.29, 0.717) is 6.42 Å². The Bertz CT molecular complexity index is 238. The third-order valence-electron chi connectivity index (χ3n) is 1.84. The molecule has 3 nitrogen and oxygen atoms in total. The lowest BCUT2D eigenvalue weighted by Crippen LogP contribution is -2.39. The molecule has 1 amide bonds. The van der Waals surface area contributed by atoms with Crippen LogP contribution in [0.1, 0.15) is 26.7 Å². The first-order valence-corrected chi connectivity index (χ1v) is 4.65. The quantitative estimate of drug-likeness (QED) is 0.723. The van der Waals surface area contributed by atoms with Gasteiger partial charge >= 0.3 is 6.18 Å². The van der Waals surface area contributed by atoms with Crippen LogP contribution in [0.4, 0.5) is 13.2 Å². The average Bonchev–Trinajstić information content (AvgIpc) is 2.12. The second-order valence-corrected chi connectivity index (χ2v) is 3.27. The number of ketones is 1. The number of nitrogens with one attached hydrogen (secondary N) is 1. The highest BCUT2D eigenvalue weighted by Gasteiger charge is 2.29. The molecule has 0 saturated heterocycles. The maximum Gasteiger partial charge on any atom is 0.405 e. The van der Waals surface area contributed by atoms with Crippen LogP contribution < -0.4 is 5.32 Å². The Morgan fingerprint density at radius 2 is 1.87 bits per heavy atom. The van der Waals surface area contributed by atoms with Crippen molar-refractivity contribution in [1.29, 1.82) is 0 Å². The zero-order chi connectivity index (χ0) is 12.1. The maximum atomic E-state index is 11.7. The molecule has 0 bridgehead atoms. The Hall–Kier alpha value is -1.07. The number of hydrogen-bond donors (Lipinski definition) is 1. The standard InChI is InChI=1S/C9H14F3NO2/c1-3-4-7(14)6(2)8(15)13-5-9(10,11)12/h6H,3-5H2,1-2H3,(H,13,15). The lowest BCUT2D eigenvalue weighted by Gasteiger charge is -2.12. The molecule has 0 aromatic carbocycles. The first-order valence-electron chi connectivity index (χ1n) is 4.65. The average molecular weight is 225 g/mol. The van der Waals surface area contributed by atoms with Gasteiger partial charge in [-0.3, -0.25) is 9.59 Å². The first-order chi connectivity index (χ1) is 6.78. The third-order valence-corrected chi connectivity index (χ3v) is 1.84. The number of carbonyl (C=O) groups is 2. The lowest BCUT2D eigenvalue weighted by molar-refractivity contribution is -0.143. The summed E-state index contributed by atoms with van der Waals surface area (Å²) in [4.78, 5) is 22.2. The molecular weight excluding hydrogens is 211 g/mol. The summed E-state index contributed by atoms with van der Waals surface area (Å²) in [6.07, 6.45) is -3.65. The van der Waals surface area contributed by atoms with Crippen molar-refractivity contribution in [2.75, 3.05) is 6.54 Å². The van der Waals surface area contributed by atoms with Crippen LogP contribution in [0.3, 0.4) is 0 Å². The monoisotopic (exact) mass is 225 g/mol. The SMILES string of the molecule is CCCC(=O)C(C)C(=O)NCC(F)(F)F. The summed E-state index contributed by atoms with van der Waals surface area (Å²) < 4.78 is 35.2. The lowest BCUT2D eigenvalue weighted by atomic mass is 10.0. The van der Waals surface area contributed by atoms with Gasteiger partial charge in [-0.1, -0.05) is 6.92 Å². The van der Waals surface area contributed by atoms with Gasteiger partial charge in [0.15, 0.2) is 0 Å². The van der Waals surface area contributed by atoms with Crippen LogP contribution in [0.25, 0.3) is 0 Å². The van der Waals surface area contributed by atoms with Crippen LogP contribution >= 0.6 is 0 Å². The van der Waals surface area contributed by atoms with Crippen LogP contribution in [-0.2, 0) is 9.59 Å². The summed E-state index contributed by atoms with van der Waals surface area (Å²) in [5.74, 6) is -2.21. The molecule has 6 heteroatoms. The molecule has 1 atom stereocenters. The van der Waals surface area contributed by atoms with Crippen molar-refractivity contribution < 1.29 is 22.8 Å². The smallest absolute Gasteiger partial charge is 0.346 e. The molecule has 1 unspecified atom stereocenters. The molecule has 0 fully saturated rings. The Morgan fingerprint density at radius 1 is 1.33 bits per heavy atom. The Kier molecular flexibility index (Phi) is 5.32. The highest BCUT2D eigenvalue weighted by molar-refractivity contribution is 6.00. The second-order valence-electron chi connectivity index (χ2n) is 3.27. The molecule has 0 saturated carbocycles. The normalized spacial score (nSPS) is 13.4. The zero-order valence-corrected chi connectivity index (χ0v) is 8.65. The summed E-state index contributed by atoms with van der Waals surface area (Å²) in [6, 6.07) is 0. The van der Waals surface area contributed by atoms with Gasteiger partial charge in [0.05, 0.1) is 5.92 Å². The van der Waals surface area contributed by atoms with E-state index in [1.54, 1.807) is 12.2 Å². The van der Waals surface area contributed by atoms with E-state index in [9.17, 15) is 22.8 Å². The van der Waals surface area contributed by atoms with Crippen LogP contribution in [0.15, 0.2) is 0 Å². The van der Waals surface area contributed by atoms with E-state index in [1.807, 2.05) is 0 Å².